The lowest BCUT2D eigenvalue weighted by atomic mass is 10.3. The van der Waals surface area contributed by atoms with E-state index in [0.717, 1.165) is 5.01 Å². The number of nitrogens with zero attached hydrogens (tertiary/aromatic N) is 4. The third kappa shape index (κ3) is 5.25. The molecule has 2 aromatic rings. The molecule has 9 nitrogen and oxygen atoms in total. The van der Waals surface area contributed by atoms with Crippen molar-refractivity contribution in [3.8, 4) is 0 Å². The Kier molecular flexibility index (Phi) is 7.07. The number of aryl methyl sites for hydroxylation is 2. The molecule has 0 radical (unpaired) electrons. The summed E-state index contributed by atoms with van der Waals surface area (Å²) in [4.78, 5) is 25.5. The van der Waals surface area contributed by atoms with Gasteiger partial charge in [-0.3, -0.25) is 0 Å². The van der Waals surface area contributed by atoms with Crippen molar-refractivity contribution in [1.82, 2.24) is 25.8 Å². The van der Waals surface area contributed by atoms with Crippen LogP contribution in [0.25, 0.3) is 0 Å². The van der Waals surface area contributed by atoms with Gasteiger partial charge in [0.15, 0.2) is 11.8 Å². The van der Waals surface area contributed by atoms with Crippen LogP contribution in [-0.2, 0) is 11.3 Å². The van der Waals surface area contributed by atoms with E-state index in [1.165, 1.54) is 11.3 Å². The van der Waals surface area contributed by atoms with Crippen LogP contribution in [0.4, 0.5) is 0 Å². The van der Waals surface area contributed by atoms with Crippen LogP contribution in [0.1, 0.15) is 58.9 Å². The molecule has 2 aromatic heterocycles. The lowest BCUT2D eigenvalue weighted by Gasteiger charge is -2.15. The van der Waals surface area contributed by atoms with Crippen LogP contribution in [0.15, 0.2) is 9.52 Å². The van der Waals surface area contributed by atoms with Crippen LogP contribution in [0, 0.1) is 13.8 Å². The number of aliphatic imine (C=N–C) groups is 1. The van der Waals surface area contributed by atoms with Gasteiger partial charge in [0.2, 0.25) is 5.89 Å². The van der Waals surface area contributed by atoms with Crippen LogP contribution < -0.4 is 10.6 Å². The molecule has 0 saturated heterocycles. The zero-order valence-electron chi connectivity index (χ0n) is 15.6. The molecular weight excluding hydrogens is 356 g/mol. The monoisotopic (exact) mass is 380 g/mol. The summed E-state index contributed by atoms with van der Waals surface area (Å²) in [6.07, 6.45) is 0. The zero-order valence-corrected chi connectivity index (χ0v) is 16.4. The molecule has 2 heterocycles. The molecule has 0 saturated carbocycles. The minimum absolute atomic E-state index is 0.133. The van der Waals surface area contributed by atoms with Crippen molar-refractivity contribution < 1.29 is 14.1 Å². The van der Waals surface area contributed by atoms with Crippen molar-refractivity contribution >= 4 is 23.3 Å². The highest BCUT2D eigenvalue weighted by atomic mass is 32.1. The molecule has 0 aliphatic rings. The highest BCUT2D eigenvalue weighted by molar-refractivity contribution is 7.13. The fraction of sp³-hybridized carbons (Fsp3) is 0.562. The lowest BCUT2D eigenvalue weighted by Crippen LogP contribution is -2.38. The normalized spacial score (nSPS) is 12.7. The standard InChI is InChI=1S/C16H24N6O3S/c1-6-17-16(18-8-12-21-11(5)25-22-12)20-10(4)14-19-9(3)13(26-14)15(23)24-7-2/h10H,6-8H2,1-5H3,(H2,17,18,20). The molecule has 0 aliphatic carbocycles. The van der Waals surface area contributed by atoms with Gasteiger partial charge in [0.25, 0.3) is 0 Å². The van der Waals surface area contributed by atoms with E-state index in [0.29, 0.717) is 47.9 Å². The predicted molar refractivity (Wildman–Crippen MR) is 98.2 cm³/mol. The summed E-state index contributed by atoms with van der Waals surface area (Å²) in [6.45, 7) is 10.6. The summed E-state index contributed by atoms with van der Waals surface area (Å²) >= 11 is 1.32. The molecule has 142 valence electrons. The first-order valence-corrected chi connectivity index (χ1v) is 9.24. The Morgan fingerprint density at radius 2 is 2.12 bits per heavy atom. The van der Waals surface area contributed by atoms with Gasteiger partial charge in [-0.05, 0) is 27.7 Å². The largest absolute Gasteiger partial charge is 0.462 e. The Hall–Kier alpha value is -2.49. The first-order chi connectivity index (χ1) is 12.4. The van der Waals surface area contributed by atoms with E-state index < -0.39 is 0 Å². The van der Waals surface area contributed by atoms with Crippen molar-refractivity contribution in [2.24, 2.45) is 4.99 Å². The zero-order chi connectivity index (χ0) is 19.1. The summed E-state index contributed by atoms with van der Waals surface area (Å²) in [5.41, 5.74) is 0.668. The summed E-state index contributed by atoms with van der Waals surface area (Å²) in [5.74, 6) is 1.29. The van der Waals surface area contributed by atoms with Crippen LogP contribution >= 0.6 is 11.3 Å². The minimum atomic E-state index is -0.339. The molecule has 10 heteroatoms. The maximum Gasteiger partial charge on any atom is 0.350 e. The van der Waals surface area contributed by atoms with Crippen LogP contribution in [0.5, 0.6) is 0 Å². The molecule has 2 N–H and O–H groups in total. The number of carbonyl (C=O) groups is 1. The number of aromatic nitrogens is 3. The second kappa shape index (κ2) is 9.27. The van der Waals surface area contributed by atoms with Gasteiger partial charge >= 0.3 is 5.97 Å². The van der Waals surface area contributed by atoms with E-state index >= 15 is 0 Å². The molecule has 0 fully saturated rings. The first-order valence-electron chi connectivity index (χ1n) is 8.43. The third-order valence-electron chi connectivity index (χ3n) is 3.29. The second-order valence-electron chi connectivity index (χ2n) is 5.48. The van der Waals surface area contributed by atoms with Crippen molar-refractivity contribution in [3.05, 3.63) is 27.3 Å². The van der Waals surface area contributed by atoms with Gasteiger partial charge in [-0.1, -0.05) is 5.16 Å². The maximum absolute atomic E-state index is 12.0. The first kappa shape index (κ1) is 19.8. The van der Waals surface area contributed by atoms with Gasteiger partial charge in [-0.2, -0.15) is 4.98 Å². The molecular formula is C16H24N6O3S. The van der Waals surface area contributed by atoms with Gasteiger partial charge in [-0.15, -0.1) is 11.3 Å². The quantitative estimate of drug-likeness (QED) is 0.426. The van der Waals surface area contributed by atoms with E-state index in [2.05, 4.69) is 30.8 Å². The molecule has 0 bridgehead atoms. The lowest BCUT2D eigenvalue weighted by molar-refractivity contribution is 0.0531. The van der Waals surface area contributed by atoms with Crippen molar-refractivity contribution in [2.45, 2.75) is 47.2 Å². The number of hydrogen-bond acceptors (Lipinski definition) is 8. The highest BCUT2D eigenvalue weighted by Gasteiger charge is 2.20. The Morgan fingerprint density at radius 1 is 1.35 bits per heavy atom. The summed E-state index contributed by atoms with van der Waals surface area (Å²) < 4.78 is 10.0. The Labute approximate surface area is 156 Å². The van der Waals surface area contributed by atoms with Crippen molar-refractivity contribution in [3.63, 3.8) is 0 Å². The van der Waals surface area contributed by atoms with E-state index in [9.17, 15) is 4.79 Å². The van der Waals surface area contributed by atoms with Crippen LogP contribution in [0.2, 0.25) is 0 Å². The van der Waals surface area contributed by atoms with Gasteiger partial charge in [0.05, 0.1) is 18.3 Å². The summed E-state index contributed by atoms with van der Waals surface area (Å²) in [6, 6.07) is -0.133. The van der Waals surface area contributed by atoms with E-state index in [1.54, 1.807) is 20.8 Å². The minimum Gasteiger partial charge on any atom is -0.462 e. The number of hydrogen-bond donors (Lipinski definition) is 2. The molecule has 1 atom stereocenters. The average molecular weight is 380 g/mol. The third-order valence-corrected chi connectivity index (χ3v) is 4.61. The SMILES string of the molecule is CCNC(=NCc1noc(C)n1)NC(C)c1nc(C)c(C(=O)OCC)s1. The Morgan fingerprint density at radius 3 is 2.73 bits per heavy atom. The van der Waals surface area contributed by atoms with E-state index in [-0.39, 0.29) is 12.0 Å². The van der Waals surface area contributed by atoms with Gasteiger partial charge < -0.3 is 19.9 Å². The van der Waals surface area contributed by atoms with E-state index in [4.69, 9.17) is 9.26 Å². The fourth-order valence-corrected chi connectivity index (χ4v) is 3.09. The Balaban J connectivity index is 2.08. The van der Waals surface area contributed by atoms with Crippen molar-refractivity contribution in [1.29, 1.82) is 0 Å². The smallest absolute Gasteiger partial charge is 0.350 e. The number of rotatable bonds is 7. The number of ether oxygens (including phenoxy) is 1. The fourth-order valence-electron chi connectivity index (χ4n) is 2.13. The number of thiazole rings is 1. The Bertz CT molecular complexity index is 770. The molecule has 0 amide bonds. The maximum atomic E-state index is 12.0. The summed E-state index contributed by atoms with van der Waals surface area (Å²) in [5, 5.41) is 11.0. The molecule has 0 aliphatic heterocycles. The van der Waals surface area contributed by atoms with E-state index in [1.807, 2.05) is 13.8 Å². The summed E-state index contributed by atoms with van der Waals surface area (Å²) in [7, 11) is 0. The molecule has 0 spiro atoms. The predicted octanol–water partition coefficient (Wildman–Crippen LogP) is 2.14. The van der Waals surface area contributed by atoms with Gasteiger partial charge in [0, 0.05) is 13.5 Å². The van der Waals surface area contributed by atoms with Crippen molar-refractivity contribution in [2.75, 3.05) is 13.2 Å². The molecule has 2 rings (SSSR count). The van der Waals surface area contributed by atoms with Gasteiger partial charge in [-0.25, -0.2) is 14.8 Å². The molecule has 0 aromatic carbocycles. The topological polar surface area (TPSA) is 115 Å². The number of guanidine groups is 1. The van der Waals surface area contributed by atoms with Gasteiger partial charge in [0.1, 0.15) is 16.4 Å². The van der Waals surface area contributed by atoms with Crippen LogP contribution in [0.3, 0.4) is 0 Å². The number of esters is 1. The number of carbonyl (C=O) groups excluding carboxylic acids is 1. The number of nitrogens with one attached hydrogen (secondary N) is 2. The second-order valence-corrected chi connectivity index (χ2v) is 6.51. The molecule has 1 unspecified atom stereocenters. The van der Waals surface area contributed by atoms with Crippen LogP contribution in [-0.4, -0.2) is 40.2 Å². The highest BCUT2D eigenvalue weighted by Crippen LogP contribution is 2.24. The average Bonchev–Trinajstić information content (AvgIpc) is 3.19. The molecule has 26 heavy (non-hydrogen) atoms.